The van der Waals surface area contributed by atoms with Gasteiger partial charge in [-0.15, -0.1) is 0 Å². The Morgan fingerprint density at radius 2 is 2.00 bits per heavy atom. The number of hydrogen-bond acceptors (Lipinski definition) is 9. The quantitative estimate of drug-likeness (QED) is 0.325. The molecule has 2 N–H and O–H groups in total. The van der Waals surface area contributed by atoms with Gasteiger partial charge in [-0.2, -0.15) is 4.98 Å². The van der Waals surface area contributed by atoms with Crippen LogP contribution in [0.15, 0.2) is 49.1 Å². The van der Waals surface area contributed by atoms with E-state index >= 15 is 0 Å². The molecule has 2 unspecified atom stereocenters. The van der Waals surface area contributed by atoms with E-state index in [1.807, 2.05) is 36.1 Å². The number of anilines is 1. The third-order valence-corrected chi connectivity index (χ3v) is 6.58. The van der Waals surface area contributed by atoms with Crippen molar-refractivity contribution in [1.82, 2.24) is 29.7 Å². The number of piperazine rings is 1. The summed E-state index contributed by atoms with van der Waals surface area (Å²) in [6.45, 7) is 1.77. The molecule has 0 saturated carbocycles. The zero-order valence-electron chi connectivity index (χ0n) is 22.1. The normalized spacial score (nSPS) is 15.9. The van der Waals surface area contributed by atoms with E-state index < -0.39 is 18.6 Å². The molecule has 1 aliphatic heterocycles. The summed E-state index contributed by atoms with van der Waals surface area (Å²) in [6, 6.07) is 8.25. The number of imidazole rings is 1. The summed E-state index contributed by atoms with van der Waals surface area (Å²) in [4.78, 5) is 53.2. The monoisotopic (exact) mass is 571 g/mol. The van der Waals surface area contributed by atoms with Crippen LogP contribution in [0.4, 0.5) is 5.82 Å². The molecule has 13 nitrogen and oxygen atoms in total. The molecule has 14 heteroatoms. The first-order valence-electron chi connectivity index (χ1n) is 12.5. The van der Waals surface area contributed by atoms with Crippen LogP contribution >= 0.6 is 11.6 Å². The van der Waals surface area contributed by atoms with Crippen LogP contribution in [0.1, 0.15) is 24.9 Å². The van der Waals surface area contributed by atoms with Crippen LogP contribution in [-0.2, 0) is 19.1 Å². The number of carbonyl (C=O) groups is 3. The Labute approximate surface area is 235 Å². The van der Waals surface area contributed by atoms with E-state index in [2.05, 4.69) is 20.3 Å². The van der Waals surface area contributed by atoms with Gasteiger partial charge in [-0.3, -0.25) is 14.2 Å². The molecule has 1 aliphatic rings. The second-order valence-corrected chi connectivity index (χ2v) is 9.51. The number of para-hydroxylation sites is 1. The van der Waals surface area contributed by atoms with E-state index in [-0.39, 0.29) is 42.6 Å². The molecular formula is C26H30ClN7O6. The zero-order valence-corrected chi connectivity index (χ0v) is 22.8. The first-order valence-corrected chi connectivity index (χ1v) is 12.9. The molecule has 3 heterocycles. The minimum absolute atomic E-state index is 0.0429. The van der Waals surface area contributed by atoms with Crippen LogP contribution in [0.3, 0.4) is 0 Å². The van der Waals surface area contributed by atoms with Gasteiger partial charge in [-0.05, 0) is 13.0 Å². The molecule has 0 spiro atoms. The molecule has 2 aromatic heterocycles. The van der Waals surface area contributed by atoms with E-state index in [0.717, 1.165) is 5.56 Å². The van der Waals surface area contributed by atoms with Crippen molar-refractivity contribution in [2.75, 3.05) is 44.9 Å². The summed E-state index contributed by atoms with van der Waals surface area (Å²) >= 11 is 6.34. The smallest absolute Gasteiger partial charge is 0.329 e. The van der Waals surface area contributed by atoms with Crippen molar-refractivity contribution in [2.24, 2.45) is 0 Å². The van der Waals surface area contributed by atoms with Gasteiger partial charge in [0.15, 0.2) is 0 Å². The molecule has 212 valence electrons. The molecule has 0 aliphatic carbocycles. The molecule has 1 saturated heterocycles. The molecule has 3 aromatic rings. The van der Waals surface area contributed by atoms with Crippen molar-refractivity contribution in [3.8, 4) is 11.7 Å². The Hall–Kier alpha value is -4.23. The number of ether oxygens (including phenoxy) is 2. The molecule has 0 bridgehead atoms. The average Bonchev–Trinajstić information content (AvgIpc) is 3.47. The Bertz CT molecular complexity index is 1340. The summed E-state index contributed by atoms with van der Waals surface area (Å²) in [5, 5.41) is 12.0. The van der Waals surface area contributed by atoms with Crippen molar-refractivity contribution in [2.45, 2.75) is 25.4 Å². The number of methoxy groups -OCH3 is 1. The van der Waals surface area contributed by atoms with E-state index in [0.29, 0.717) is 30.6 Å². The van der Waals surface area contributed by atoms with Gasteiger partial charge in [-0.25, -0.2) is 14.8 Å². The predicted molar refractivity (Wildman–Crippen MR) is 145 cm³/mol. The topological polar surface area (TPSA) is 152 Å². The molecule has 40 heavy (non-hydrogen) atoms. The van der Waals surface area contributed by atoms with Crippen LogP contribution in [0.25, 0.3) is 5.95 Å². The van der Waals surface area contributed by atoms with Crippen LogP contribution in [-0.4, -0.2) is 93.3 Å². The Balaban J connectivity index is 1.54. The van der Waals surface area contributed by atoms with Gasteiger partial charge in [0.2, 0.25) is 17.8 Å². The number of aromatic nitrogens is 4. The van der Waals surface area contributed by atoms with Crippen molar-refractivity contribution < 1.29 is 29.0 Å². The van der Waals surface area contributed by atoms with E-state index in [1.165, 1.54) is 0 Å². The second-order valence-electron chi connectivity index (χ2n) is 9.13. The highest BCUT2D eigenvalue weighted by Gasteiger charge is 2.33. The summed E-state index contributed by atoms with van der Waals surface area (Å²) in [5.41, 5.74) is 0.832. The van der Waals surface area contributed by atoms with E-state index in [9.17, 15) is 14.4 Å². The maximum atomic E-state index is 13.3. The van der Waals surface area contributed by atoms with Gasteiger partial charge in [0.25, 0.3) is 0 Å². The number of nitrogens with one attached hydrogen (secondary N) is 1. The molecule has 2 atom stereocenters. The number of aliphatic carboxylic acids is 1. The molecule has 1 fully saturated rings. The maximum Gasteiger partial charge on any atom is 0.329 e. The largest absolute Gasteiger partial charge is 0.496 e. The van der Waals surface area contributed by atoms with E-state index in [4.69, 9.17) is 26.2 Å². The van der Waals surface area contributed by atoms with Gasteiger partial charge >= 0.3 is 5.97 Å². The minimum atomic E-state index is -1.16. The number of amides is 2. The third-order valence-electron chi connectivity index (χ3n) is 6.39. The van der Waals surface area contributed by atoms with E-state index in [1.54, 1.807) is 41.4 Å². The second kappa shape index (κ2) is 13.2. The summed E-state index contributed by atoms with van der Waals surface area (Å²) in [5.74, 6) is -0.295. The van der Waals surface area contributed by atoms with Crippen LogP contribution in [0, 0.1) is 0 Å². The lowest BCUT2D eigenvalue weighted by atomic mass is 10.0. The highest BCUT2D eigenvalue weighted by atomic mass is 35.5. The maximum absolute atomic E-state index is 13.3. The lowest BCUT2D eigenvalue weighted by Crippen LogP contribution is -2.57. The average molecular weight is 572 g/mol. The van der Waals surface area contributed by atoms with Crippen LogP contribution in [0.2, 0.25) is 5.15 Å². The lowest BCUT2D eigenvalue weighted by molar-refractivity contribution is -0.146. The Kier molecular flexibility index (Phi) is 9.51. The van der Waals surface area contributed by atoms with Crippen molar-refractivity contribution >= 4 is 35.2 Å². The van der Waals surface area contributed by atoms with Gasteiger partial charge in [-0.1, -0.05) is 29.8 Å². The number of rotatable bonds is 11. The summed E-state index contributed by atoms with van der Waals surface area (Å²) < 4.78 is 12.0. The summed E-state index contributed by atoms with van der Waals surface area (Å²) in [7, 11) is 1.57. The number of nitrogens with zero attached hydrogens (tertiary/aromatic N) is 6. The number of carbonyl (C=O) groups excluding carboxylic acids is 2. The fraction of sp³-hybridized carbons (Fsp3) is 0.385. The number of carboxylic acids is 1. The van der Waals surface area contributed by atoms with Crippen LogP contribution < -0.4 is 15.0 Å². The number of benzene rings is 1. The number of hydrogen-bond donors (Lipinski definition) is 2. The Morgan fingerprint density at radius 1 is 1.20 bits per heavy atom. The fourth-order valence-corrected chi connectivity index (χ4v) is 4.70. The van der Waals surface area contributed by atoms with Crippen molar-refractivity contribution in [1.29, 1.82) is 0 Å². The zero-order chi connectivity index (χ0) is 28.6. The molecule has 4 rings (SSSR count). The SMILES string of the molecule is COc1ccccc1C(C)NC(=O)CC1CN(C(=O)COCC(=O)O)CCN1c1cc(Cl)nc(-n2ccnc2)n1. The Morgan fingerprint density at radius 3 is 2.73 bits per heavy atom. The molecular weight excluding hydrogens is 542 g/mol. The van der Waals surface area contributed by atoms with Crippen molar-refractivity contribution in [3.05, 3.63) is 59.8 Å². The highest BCUT2D eigenvalue weighted by Crippen LogP contribution is 2.26. The lowest BCUT2D eigenvalue weighted by Gasteiger charge is -2.42. The first-order chi connectivity index (χ1) is 19.2. The first kappa shape index (κ1) is 28.8. The minimum Gasteiger partial charge on any atom is -0.496 e. The van der Waals surface area contributed by atoms with Gasteiger partial charge in [0.05, 0.1) is 19.2 Å². The standard InChI is InChI=1S/C26H30ClN7O6/c1-17(19-5-3-4-6-20(19)39-2)29-23(35)11-18-13-32(24(36)14-40-15-25(37)38)9-10-34(18)22-12-21(27)30-26(31-22)33-8-7-28-16-33/h3-8,12,16-18H,9-11,13-15H2,1-2H3,(H,29,35)(H,37,38). The van der Waals surface area contributed by atoms with Gasteiger partial charge < -0.3 is 29.7 Å². The summed E-state index contributed by atoms with van der Waals surface area (Å²) in [6.07, 6.45) is 4.87. The number of halogens is 1. The third kappa shape index (κ3) is 7.24. The predicted octanol–water partition coefficient (Wildman–Crippen LogP) is 1.71. The molecule has 1 aromatic carbocycles. The number of carboxylic acid groups (broad SMARTS) is 1. The van der Waals surface area contributed by atoms with Crippen LogP contribution in [0.5, 0.6) is 5.75 Å². The van der Waals surface area contributed by atoms with Gasteiger partial charge in [0.1, 0.15) is 36.3 Å². The van der Waals surface area contributed by atoms with Crippen molar-refractivity contribution in [3.63, 3.8) is 0 Å². The molecule has 2 amide bonds. The fourth-order valence-electron chi connectivity index (χ4n) is 4.53. The highest BCUT2D eigenvalue weighted by molar-refractivity contribution is 6.29. The van der Waals surface area contributed by atoms with Gasteiger partial charge in [0, 0.05) is 50.1 Å². The molecule has 0 radical (unpaired) electrons.